The number of halogens is 1. The molecule has 0 bridgehead atoms. The van der Waals surface area contributed by atoms with E-state index in [1.807, 2.05) is 41.1 Å². The van der Waals surface area contributed by atoms with Crippen LogP contribution >= 0.6 is 0 Å². The molecule has 0 aliphatic carbocycles. The van der Waals surface area contributed by atoms with E-state index in [-0.39, 0.29) is 12.4 Å². The average molecular weight is 378 g/mol. The number of rotatable bonds is 4. The highest BCUT2D eigenvalue weighted by Gasteiger charge is 2.42. The van der Waals surface area contributed by atoms with Crippen molar-refractivity contribution < 1.29 is 14.2 Å². The van der Waals surface area contributed by atoms with Crippen LogP contribution in [-0.4, -0.2) is 37.8 Å². The molecule has 142 valence electrons. The first-order valence-electron chi connectivity index (χ1n) is 9.17. The van der Waals surface area contributed by atoms with Crippen LogP contribution < -0.4 is 0 Å². The summed E-state index contributed by atoms with van der Waals surface area (Å²) < 4.78 is 21.3. The minimum Gasteiger partial charge on any atom is -0.388 e. The highest BCUT2D eigenvalue weighted by atomic mass is 19.1. The molecule has 1 aliphatic rings. The van der Waals surface area contributed by atoms with Gasteiger partial charge >= 0.3 is 0 Å². The Kier molecular flexibility index (Phi) is 3.99. The standard InChI is InChI=1S/C21H19FN4O2/c22-15-3-1-14(2-4-15)21(7-10-28-13-21)20-23-8-9-26(20)16-5-6-17-18(11-16)25-19(12-27)24-17/h1-6,8-9,11,27H,7,10,12-13H2,(H,24,25). The fourth-order valence-corrected chi connectivity index (χ4v) is 4.01. The van der Waals surface area contributed by atoms with Gasteiger partial charge in [0.2, 0.25) is 0 Å². The molecule has 1 aliphatic heterocycles. The number of hydrogen-bond acceptors (Lipinski definition) is 4. The molecule has 4 aromatic rings. The summed E-state index contributed by atoms with van der Waals surface area (Å²) in [5, 5.41) is 9.31. The lowest BCUT2D eigenvalue weighted by molar-refractivity contribution is 0.182. The molecule has 0 radical (unpaired) electrons. The molecule has 3 heterocycles. The van der Waals surface area contributed by atoms with E-state index in [9.17, 15) is 9.50 Å². The number of nitrogens with one attached hydrogen (secondary N) is 1. The Morgan fingerprint density at radius 3 is 2.82 bits per heavy atom. The zero-order valence-corrected chi connectivity index (χ0v) is 15.1. The highest BCUT2D eigenvalue weighted by molar-refractivity contribution is 5.77. The van der Waals surface area contributed by atoms with Crippen LogP contribution in [0.4, 0.5) is 4.39 Å². The number of ether oxygens (including phenoxy) is 1. The van der Waals surface area contributed by atoms with E-state index in [2.05, 4.69) is 15.0 Å². The molecule has 1 atom stereocenters. The lowest BCUT2D eigenvalue weighted by Gasteiger charge is -2.28. The number of nitrogens with zero attached hydrogens (tertiary/aromatic N) is 3. The quantitative estimate of drug-likeness (QED) is 0.572. The van der Waals surface area contributed by atoms with Gasteiger partial charge in [-0.1, -0.05) is 12.1 Å². The Hall–Kier alpha value is -3.03. The van der Waals surface area contributed by atoms with E-state index in [1.54, 1.807) is 6.20 Å². The molecule has 1 saturated heterocycles. The lowest BCUT2D eigenvalue weighted by atomic mass is 9.79. The number of aromatic amines is 1. The third kappa shape index (κ3) is 2.63. The van der Waals surface area contributed by atoms with Gasteiger partial charge in [-0.15, -0.1) is 0 Å². The van der Waals surface area contributed by atoms with E-state index in [4.69, 9.17) is 4.74 Å². The maximum atomic E-state index is 13.5. The van der Waals surface area contributed by atoms with Gasteiger partial charge in [0.25, 0.3) is 0 Å². The molecular weight excluding hydrogens is 359 g/mol. The van der Waals surface area contributed by atoms with Crippen LogP contribution in [0, 0.1) is 5.82 Å². The van der Waals surface area contributed by atoms with Gasteiger partial charge in [-0.05, 0) is 42.3 Å². The SMILES string of the molecule is OCc1nc2ccc(-n3ccnc3C3(c4ccc(F)cc4)CCOC3)cc2[nH]1. The molecular formula is C21H19FN4O2. The molecule has 2 aromatic heterocycles. The fourth-order valence-electron chi connectivity index (χ4n) is 4.01. The van der Waals surface area contributed by atoms with Crippen molar-refractivity contribution in [3.63, 3.8) is 0 Å². The van der Waals surface area contributed by atoms with E-state index in [1.165, 1.54) is 12.1 Å². The summed E-state index contributed by atoms with van der Waals surface area (Å²) in [6.45, 7) is 0.992. The van der Waals surface area contributed by atoms with Gasteiger partial charge in [-0.25, -0.2) is 14.4 Å². The van der Waals surface area contributed by atoms with Crippen molar-refractivity contribution in [2.24, 2.45) is 0 Å². The van der Waals surface area contributed by atoms with Crippen molar-refractivity contribution >= 4 is 11.0 Å². The van der Waals surface area contributed by atoms with Gasteiger partial charge < -0.3 is 19.4 Å². The monoisotopic (exact) mass is 378 g/mol. The normalized spacial score (nSPS) is 19.5. The number of hydrogen-bond donors (Lipinski definition) is 2. The molecule has 1 fully saturated rings. The molecule has 7 heteroatoms. The second kappa shape index (κ2) is 6.54. The summed E-state index contributed by atoms with van der Waals surface area (Å²) in [4.78, 5) is 12.1. The Bertz CT molecular complexity index is 1130. The molecule has 0 saturated carbocycles. The molecule has 5 rings (SSSR count). The van der Waals surface area contributed by atoms with Crippen LogP contribution in [0.5, 0.6) is 0 Å². The summed E-state index contributed by atoms with van der Waals surface area (Å²) in [6, 6.07) is 12.5. The number of H-pyrrole nitrogens is 1. The number of benzene rings is 2. The zero-order chi connectivity index (χ0) is 19.1. The van der Waals surface area contributed by atoms with Crippen molar-refractivity contribution in [3.05, 3.63) is 77.9 Å². The van der Waals surface area contributed by atoms with Crippen LogP contribution in [-0.2, 0) is 16.8 Å². The van der Waals surface area contributed by atoms with Gasteiger partial charge in [0.15, 0.2) is 0 Å². The summed E-state index contributed by atoms with van der Waals surface area (Å²) in [6.07, 6.45) is 4.47. The van der Waals surface area contributed by atoms with Gasteiger partial charge in [-0.3, -0.25) is 0 Å². The van der Waals surface area contributed by atoms with Crippen molar-refractivity contribution in [2.45, 2.75) is 18.4 Å². The van der Waals surface area contributed by atoms with Crippen LogP contribution in [0.25, 0.3) is 16.7 Å². The van der Waals surface area contributed by atoms with E-state index in [0.29, 0.717) is 19.0 Å². The molecule has 2 aromatic carbocycles. The maximum Gasteiger partial charge on any atom is 0.133 e. The van der Waals surface area contributed by atoms with E-state index in [0.717, 1.165) is 34.5 Å². The molecule has 0 spiro atoms. The predicted octanol–water partition coefficient (Wildman–Crippen LogP) is 3.09. The van der Waals surface area contributed by atoms with Crippen LogP contribution in [0.1, 0.15) is 23.6 Å². The van der Waals surface area contributed by atoms with Crippen molar-refractivity contribution in [3.8, 4) is 5.69 Å². The van der Waals surface area contributed by atoms with Crippen LogP contribution in [0.15, 0.2) is 54.9 Å². The number of fused-ring (bicyclic) bond motifs is 1. The molecule has 6 nitrogen and oxygen atoms in total. The second-order valence-electron chi connectivity index (χ2n) is 7.06. The van der Waals surface area contributed by atoms with Crippen molar-refractivity contribution in [1.29, 1.82) is 0 Å². The third-order valence-corrected chi connectivity index (χ3v) is 5.43. The summed E-state index contributed by atoms with van der Waals surface area (Å²) in [5.74, 6) is 1.13. The molecule has 28 heavy (non-hydrogen) atoms. The van der Waals surface area contributed by atoms with Gasteiger partial charge in [0.05, 0.1) is 23.1 Å². The van der Waals surface area contributed by atoms with Gasteiger partial charge in [0.1, 0.15) is 24.1 Å². The largest absolute Gasteiger partial charge is 0.388 e. The second-order valence-corrected chi connectivity index (χ2v) is 7.06. The maximum absolute atomic E-state index is 13.5. The predicted molar refractivity (Wildman–Crippen MR) is 102 cm³/mol. The Morgan fingerprint density at radius 1 is 1.21 bits per heavy atom. The first-order chi connectivity index (χ1) is 13.7. The molecule has 1 unspecified atom stereocenters. The first kappa shape index (κ1) is 17.1. The minimum absolute atomic E-state index is 0.134. The van der Waals surface area contributed by atoms with Crippen LogP contribution in [0.2, 0.25) is 0 Å². The topological polar surface area (TPSA) is 76.0 Å². The van der Waals surface area contributed by atoms with Crippen molar-refractivity contribution in [1.82, 2.24) is 19.5 Å². The van der Waals surface area contributed by atoms with E-state index < -0.39 is 5.41 Å². The van der Waals surface area contributed by atoms with Gasteiger partial charge in [0, 0.05) is 24.7 Å². The summed E-state index contributed by atoms with van der Waals surface area (Å²) >= 11 is 0. The summed E-state index contributed by atoms with van der Waals surface area (Å²) in [7, 11) is 0. The van der Waals surface area contributed by atoms with Gasteiger partial charge in [-0.2, -0.15) is 0 Å². The summed E-state index contributed by atoms with van der Waals surface area (Å²) in [5.41, 5.74) is 3.13. The first-order valence-corrected chi connectivity index (χ1v) is 9.17. The Morgan fingerprint density at radius 2 is 2.07 bits per heavy atom. The molecule has 0 amide bonds. The Labute approximate surface area is 160 Å². The lowest BCUT2D eigenvalue weighted by Crippen LogP contribution is -2.31. The van der Waals surface area contributed by atoms with Crippen molar-refractivity contribution in [2.75, 3.05) is 13.2 Å². The third-order valence-electron chi connectivity index (χ3n) is 5.43. The average Bonchev–Trinajstić information content (AvgIpc) is 3.46. The zero-order valence-electron chi connectivity index (χ0n) is 15.1. The number of imidazole rings is 2. The number of aliphatic hydroxyl groups excluding tert-OH is 1. The van der Waals surface area contributed by atoms with E-state index >= 15 is 0 Å². The number of aliphatic hydroxyl groups is 1. The number of aromatic nitrogens is 4. The smallest absolute Gasteiger partial charge is 0.133 e. The van der Waals surface area contributed by atoms with Crippen LogP contribution in [0.3, 0.4) is 0 Å². The highest BCUT2D eigenvalue weighted by Crippen LogP contribution is 2.40. The molecule has 2 N–H and O–H groups in total. The fraction of sp³-hybridized carbons (Fsp3) is 0.238. The minimum atomic E-state index is -0.434. The Balaban J connectivity index is 1.64.